The lowest BCUT2D eigenvalue weighted by molar-refractivity contribution is -0.386. The maximum atomic E-state index is 13.9. The first kappa shape index (κ1) is 17.1. The summed E-state index contributed by atoms with van der Waals surface area (Å²) in [4.78, 5) is 21.0. The van der Waals surface area contributed by atoms with Crippen LogP contribution in [0.5, 0.6) is 5.75 Å². The molecule has 10 heteroatoms. The number of rotatable bonds is 5. The molecule has 0 saturated carbocycles. The van der Waals surface area contributed by atoms with Crippen LogP contribution in [0.15, 0.2) is 12.1 Å². The van der Waals surface area contributed by atoms with E-state index in [0.29, 0.717) is 0 Å². The van der Waals surface area contributed by atoms with Crippen LogP contribution in [0.3, 0.4) is 0 Å². The molecule has 21 heavy (non-hydrogen) atoms. The van der Waals surface area contributed by atoms with E-state index in [9.17, 15) is 28.8 Å². The molecule has 0 aromatic heterocycles. The third-order valence-corrected chi connectivity index (χ3v) is 2.90. The number of phenols is 1. The molecule has 0 aliphatic rings. The minimum Gasteiger partial charge on any atom is -0.506 e. The van der Waals surface area contributed by atoms with Crippen molar-refractivity contribution in [1.29, 1.82) is 0 Å². The van der Waals surface area contributed by atoms with E-state index in [1.54, 1.807) is 0 Å². The minimum absolute atomic E-state index is 0.329. The average Bonchev–Trinajstić information content (AvgIpc) is 2.40. The molecular formula is C11H11ClF2N2O5. The van der Waals surface area contributed by atoms with Crippen LogP contribution in [0.2, 0.25) is 5.02 Å². The van der Waals surface area contributed by atoms with Crippen LogP contribution in [0, 0.1) is 10.1 Å². The molecule has 0 heterocycles. The Morgan fingerprint density at radius 3 is 2.67 bits per heavy atom. The van der Waals surface area contributed by atoms with E-state index in [1.165, 1.54) is 6.92 Å². The molecule has 116 valence electrons. The summed E-state index contributed by atoms with van der Waals surface area (Å²) in [6.45, 7) is 0.976. The first-order chi connectivity index (χ1) is 9.64. The summed E-state index contributed by atoms with van der Waals surface area (Å²) in [6, 6.07) is -0.734. The number of nitrogens with zero attached hydrogens (tertiary/aromatic N) is 1. The molecule has 0 saturated heterocycles. The summed E-state index contributed by atoms with van der Waals surface area (Å²) in [5.41, 5.74) is 3.42. The lowest BCUT2D eigenvalue weighted by Gasteiger charge is -2.22. The summed E-state index contributed by atoms with van der Waals surface area (Å²) < 4.78 is 31.9. The molecule has 1 atom stereocenters. The SMILES string of the molecule is CCOC(=O)C(F)(F)[C@H](N)c1c([N+](=O)[O-])ccc(Cl)c1O. The van der Waals surface area contributed by atoms with Crippen LogP contribution < -0.4 is 5.73 Å². The fourth-order valence-electron chi connectivity index (χ4n) is 1.57. The number of hydrogen-bond donors (Lipinski definition) is 2. The maximum Gasteiger partial charge on any atom is 0.379 e. The molecule has 0 radical (unpaired) electrons. The van der Waals surface area contributed by atoms with Gasteiger partial charge in [0.25, 0.3) is 5.69 Å². The molecule has 1 aromatic carbocycles. The molecule has 1 rings (SSSR count). The number of nitro benzene ring substituents is 1. The van der Waals surface area contributed by atoms with Crippen LogP contribution in [-0.2, 0) is 9.53 Å². The number of nitro groups is 1. The smallest absolute Gasteiger partial charge is 0.379 e. The van der Waals surface area contributed by atoms with Crippen molar-refractivity contribution >= 4 is 23.3 Å². The van der Waals surface area contributed by atoms with E-state index < -0.39 is 44.9 Å². The van der Waals surface area contributed by atoms with E-state index in [-0.39, 0.29) is 6.61 Å². The summed E-state index contributed by atoms with van der Waals surface area (Å²) >= 11 is 5.54. The highest BCUT2D eigenvalue weighted by molar-refractivity contribution is 6.32. The van der Waals surface area contributed by atoms with Crippen molar-refractivity contribution < 1.29 is 28.3 Å². The van der Waals surface area contributed by atoms with Gasteiger partial charge in [0.2, 0.25) is 0 Å². The molecule has 0 aliphatic carbocycles. The zero-order valence-electron chi connectivity index (χ0n) is 10.7. The lowest BCUT2D eigenvalue weighted by atomic mass is 9.98. The van der Waals surface area contributed by atoms with Gasteiger partial charge < -0.3 is 15.6 Å². The Morgan fingerprint density at radius 1 is 1.62 bits per heavy atom. The van der Waals surface area contributed by atoms with Gasteiger partial charge in [-0.25, -0.2) is 4.79 Å². The number of halogens is 3. The second-order valence-corrected chi connectivity index (χ2v) is 4.31. The maximum absolute atomic E-state index is 13.9. The molecule has 0 spiro atoms. The Hall–Kier alpha value is -2.00. The predicted octanol–water partition coefficient (Wildman–Crippen LogP) is 2.15. The predicted molar refractivity (Wildman–Crippen MR) is 68.3 cm³/mol. The molecule has 1 aromatic rings. The molecule has 3 N–H and O–H groups in total. The van der Waals surface area contributed by atoms with Crippen molar-refractivity contribution in [3.63, 3.8) is 0 Å². The number of hydrogen-bond acceptors (Lipinski definition) is 6. The van der Waals surface area contributed by atoms with Crippen molar-refractivity contribution in [3.8, 4) is 5.75 Å². The number of carbonyl (C=O) groups excluding carboxylic acids is 1. The van der Waals surface area contributed by atoms with Crippen LogP contribution >= 0.6 is 11.6 Å². The Morgan fingerprint density at radius 2 is 2.19 bits per heavy atom. The van der Waals surface area contributed by atoms with Crippen molar-refractivity contribution in [3.05, 3.63) is 32.8 Å². The third-order valence-electron chi connectivity index (χ3n) is 2.59. The molecule has 0 bridgehead atoms. The molecule has 0 unspecified atom stereocenters. The number of phenolic OH excluding ortho intramolecular Hbond substituents is 1. The highest BCUT2D eigenvalue weighted by atomic mass is 35.5. The molecule has 0 amide bonds. The lowest BCUT2D eigenvalue weighted by Crippen LogP contribution is -2.42. The van der Waals surface area contributed by atoms with E-state index >= 15 is 0 Å². The Bertz CT molecular complexity index is 582. The quantitative estimate of drug-likeness (QED) is 0.487. The van der Waals surface area contributed by atoms with E-state index in [0.717, 1.165) is 12.1 Å². The molecule has 7 nitrogen and oxygen atoms in total. The average molecular weight is 325 g/mol. The first-order valence-electron chi connectivity index (χ1n) is 5.60. The second kappa shape index (κ2) is 6.19. The van der Waals surface area contributed by atoms with Gasteiger partial charge in [-0.2, -0.15) is 8.78 Å². The Balaban J connectivity index is 3.41. The van der Waals surface area contributed by atoms with Crippen molar-refractivity contribution in [1.82, 2.24) is 0 Å². The number of alkyl halides is 2. The van der Waals surface area contributed by atoms with Crippen molar-refractivity contribution in [2.75, 3.05) is 6.61 Å². The summed E-state index contributed by atoms with van der Waals surface area (Å²) in [5, 5.41) is 20.1. The van der Waals surface area contributed by atoms with Crippen molar-refractivity contribution in [2.45, 2.75) is 18.9 Å². The first-order valence-corrected chi connectivity index (χ1v) is 5.98. The van der Waals surface area contributed by atoms with Crippen molar-refractivity contribution in [2.24, 2.45) is 5.73 Å². The second-order valence-electron chi connectivity index (χ2n) is 3.91. The molecule has 0 aliphatic heterocycles. The van der Waals surface area contributed by atoms with Gasteiger partial charge in [-0.1, -0.05) is 11.6 Å². The van der Waals surface area contributed by atoms with Gasteiger partial charge in [-0.15, -0.1) is 0 Å². The molecular weight excluding hydrogens is 314 g/mol. The fourth-order valence-corrected chi connectivity index (χ4v) is 1.74. The highest BCUT2D eigenvalue weighted by Crippen LogP contribution is 2.43. The fraction of sp³-hybridized carbons (Fsp3) is 0.364. The van der Waals surface area contributed by atoms with Crippen LogP contribution in [0.4, 0.5) is 14.5 Å². The van der Waals surface area contributed by atoms with Gasteiger partial charge in [0.05, 0.1) is 22.1 Å². The monoisotopic (exact) mass is 324 g/mol. The van der Waals surface area contributed by atoms with Crippen LogP contribution in [-0.4, -0.2) is 28.5 Å². The minimum atomic E-state index is -4.27. The van der Waals surface area contributed by atoms with Gasteiger partial charge in [0.1, 0.15) is 11.8 Å². The number of benzene rings is 1. The summed E-state index contributed by atoms with van der Waals surface area (Å²) in [7, 11) is 0. The third kappa shape index (κ3) is 3.19. The van der Waals surface area contributed by atoms with E-state index in [4.69, 9.17) is 17.3 Å². The normalized spacial score (nSPS) is 12.8. The number of ether oxygens (including phenoxy) is 1. The largest absolute Gasteiger partial charge is 0.506 e. The number of aromatic hydroxyl groups is 1. The zero-order valence-corrected chi connectivity index (χ0v) is 11.4. The number of nitrogens with two attached hydrogens (primary N) is 1. The van der Waals surface area contributed by atoms with Gasteiger partial charge >= 0.3 is 11.9 Å². The van der Waals surface area contributed by atoms with Gasteiger partial charge in [-0.3, -0.25) is 10.1 Å². The van der Waals surface area contributed by atoms with Crippen LogP contribution in [0.25, 0.3) is 0 Å². The Labute approximate surface area is 122 Å². The zero-order chi connectivity index (χ0) is 16.4. The Kier molecular flexibility index (Phi) is 5.02. The van der Waals surface area contributed by atoms with Gasteiger partial charge in [-0.05, 0) is 13.0 Å². The van der Waals surface area contributed by atoms with E-state index in [1.807, 2.05) is 0 Å². The summed E-state index contributed by atoms with van der Waals surface area (Å²) in [6.07, 6.45) is 0. The number of carbonyl (C=O) groups is 1. The topological polar surface area (TPSA) is 116 Å². The standard InChI is InChI=1S/C11H11ClF2N2O5/c1-2-21-10(18)11(13,14)9(15)7-6(16(19)20)4-3-5(12)8(7)17/h3-4,9,17H,2,15H2,1H3/t9-/m1/s1. The number of esters is 1. The summed E-state index contributed by atoms with van der Waals surface area (Å²) in [5.74, 6) is -7.21. The molecule has 0 fully saturated rings. The van der Waals surface area contributed by atoms with Gasteiger partial charge in [0, 0.05) is 6.07 Å². The highest BCUT2D eigenvalue weighted by Gasteiger charge is 2.51. The van der Waals surface area contributed by atoms with Crippen LogP contribution in [0.1, 0.15) is 18.5 Å². The van der Waals surface area contributed by atoms with Gasteiger partial charge in [0.15, 0.2) is 0 Å². The van der Waals surface area contributed by atoms with E-state index in [2.05, 4.69) is 4.74 Å².